The van der Waals surface area contributed by atoms with Crippen molar-refractivity contribution in [3.63, 3.8) is 0 Å². The number of allylic oxidation sites excluding steroid dienone is 1. The number of alkyl halides is 3. The number of hydrogen-bond acceptors (Lipinski definition) is 7. The van der Waals surface area contributed by atoms with E-state index < -0.39 is 23.3 Å². The van der Waals surface area contributed by atoms with E-state index in [1.165, 1.54) is 17.1 Å². The number of urea groups is 1. The van der Waals surface area contributed by atoms with Crippen LogP contribution in [-0.2, 0) is 11.7 Å². The van der Waals surface area contributed by atoms with Gasteiger partial charge in [-0.15, -0.1) is 15.7 Å². The highest BCUT2D eigenvalue weighted by molar-refractivity contribution is 5.92. The Balaban J connectivity index is 1.44. The molecule has 0 spiro atoms. The molecule has 3 aliphatic rings. The Bertz CT molecular complexity index is 1160. The van der Waals surface area contributed by atoms with E-state index in [1.807, 2.05) is 0 Å². The molecule has 4 heterocycles. The number of piperidine rings is 1. The monoisotopic (exact) mass is 477 g/mol. The Morgan fingerprint density at radius 3 is 2.65 bits per heavy atom. The van der Waals surface area contributed by atoms with Gasteiger partial charge in [0.25, 0.3) is 0 Å². The van der Waals surface area contributed by atoms with Crippen LogP contribution in [0.2, 0.25) is 0 Å². The Labute approximate surface area is 194 Å². The highest BCUT2D eigenvalue weighted by Gasteiger charge is 2.62. The molecule has 2 N–H and O–H groups in total. The van der Waals surface area contributed by atoms with Crippen molar-refractivity contribution in [2.45, 2.75) is 57.8 Å². The van der Waals surface area contributed by atoms with Crippen LogP contribution in [0.15, 0.2) is 34.5 Å². The highest BCUT2D eigenvalue weighted by Crippen LogP contribution is 2.55. The molecule has 12 heteroatoms. The topological polar surface area (TPSA) is 89.8 Å². The number of benzene rings is 1. The molecule has 2 amide bonds. The quantitative estimate of drug-likeness (QED) is 0.679. The minimum absolute atomic E-state index is 0.00403. The largest absolute Gasteiger partial charge is 0.423 e. The van der Waals surface area contributed by atoms with Crippen molar-refractivity contribution in [3.8, 4) is 0 Å². The number of nitrogens with one attached hydrogen (secondary N) is 2. The van der Waals surface area contributed by atoms with Gasteiger partial charge in [0.1, 0.15) is 5.54 Å². The molecule has 2 bridgehead atoms. The fraction of sp³-hybridized carbons (Fsp3) is 0.500. The molecule has 0 aliphatic carbocycles. The Morgan fingerprint density at radius 1 is 1.26 bits per heavy atom. The number of carbonyl (C=O) groups excluding carboxylic acids is 1. The highest BCUT2D eigenvalue weighted by atomic mass is 19.4. The van der Waals surface area contributed by atoms with Crippen molar-refractivity contribution in [3.05, 3.63) is 47.4 Å². The van der Waals surface area contributed by atoms with Gasteiger partial charge in [0.2, 0.25) is 11.8 Å². The number of hydrogen-bond donors (Lipinski definition) is 2. The van der Waals surface area contributed by atoms with Gasteiger partial charge in [0.15, 0.2) is 0 Å². The van der Waals surface area contributed by atoms with Crippen LogP contribution >= 0.6 is 0 Å². The maximum absolute atomic E-state index is 13.7. The number of amides is 2. The van der Waals surface area contributed by atoms with Gasteiger partial charge in [0.05, 0.1) is 11.3 Å². The number of hydrazine groups is 2. The molecule has 182 valence electrons. The molecule has 1 aromatic heterocycles. The van der Waals surface area contributed by atoms with Crippen LogP contribution in [-0.4, -0.2) is 39.2 Å². The molecule has 9 nitrogen and oxygen atoms in total. The average molecular weight is 477 g/mol. The van der Waals surface area contributed by atoms with E-state index in [1.54, 1.807) is 37.0 Å². The van der Waals surface area contributed by atoms with E-state index in [0.717, 1.165) is 24.6 Å². The number of carbonyl (C=O) groups is 1. The first kappa shape index (κ1) is 22.5. The van der Waals surface area contributed by atoms with Gasteiger partial charge in [-0.2, -0.15) is 13.2 Å². The molecule has 2 fully saturated rings. The summed E-state index contributed by atoms with van der Waals surface area (Å²) in [5, 5.41) is 13.8. The van der Waals surface area contributed by atoms with Crippen molar-refractivity contribution in [2.24, 2.45) is 5.92 Å². The lowest BCUT2D eigenvalue weighted by Gasteiger charge is -2.61. The Morgan fingerprint density at radius 2 is 2.03 bits per heavy atom. The zero-order valence-corrected chi connectivity index (χ0v) is 19.3. The first-order valence-electron chi connectivity index (χ1n) is 11.1. The number of rotatable bonds is 3. The van der Waals surface area contributed by atoms with E-state index in [-0.39, 0.29) is 17.4 Å². The molecule has 0 radical (unpaired) electrons. The minimum Gasteiger partial charge on any atom is -0.423 e. The first-order chi connectivity index (χ1) is 16.0. The van der Waals surface area contributed by atoms with Crippen molar-refractivity contribution in [2.75, 3.05) is 17.4 Å². The molecule has 1 aromatic carbocycles. The average Bonchev–Trinajstić information content (AvgIpc) is 3.32. The molecule has 3 atom stereocenters. The van der Waals surface area contributed by atoms with Gasteiger partial charge in [-0.3, -0.25) is 10.0 Å². The summed E-state index contributed by atoms with van der Waals surface area (Å²) in [4.78, 5) is 15.1. The summed E-state index contributed by atoms with van der Waals surface area (Å²) in [6.07, 6.45) is -0.754. The van der Waals surface area contributed by atoms with E-state index in [2.05, 4.69) is 28.0 Å². The Hall–Kier alpha value is -3.28. The lowest BCUT2D eigenvalue weighted by molar-refractivity contribution is -0.137. The maximum atomic E-state index is 13.7. The molecule has 2 aromatic rings. The van der Waals surface area contributed by atoms with Crippen LogP contribution in [0, 0.1) is 12.8 Å². The van der Waals surface area contributed by atoms with E-state index in [0.29, 0.717) is 24.1 Å². The lowest BCUT2D eigenvalue weighted by Crippen LogP contribution is -2.70. The van der Waals surface area contributed by atoms with Crippen LogP contribution in [0.1, 0.15) is 50.5 Å². The van der Waals surface area contributed by atoms with Gasteiger partial charge in [0, 0.05) is 44.0 Å². The van der Waals surface area contributed by atoms with Crippen LogP contribution in [0.25, 0.3) is 0 Å². The van der Waals surface area contributed by atoms with Crippen molar-refractivity contribution in [1.82, 2.24) is 25.6 Å². The molecule has 5 rings (SSSR count). The molecular weight excluding hydrogens is 451 g/mol. The van der Waals surface area contributed by atoms with E-state index in [9.17, 15) is 18.0 Å². The minimum atomic E-state index is -4.56. The molecule has 3 aliphatic heterocycles. The summed E-state index contributed by atoms with van der Waals surface area (Å²) in [5.41, 5.74) is 2.22. The Kier molecular flexibility index (Phi) is 5.04. The maximum Gasteiger partial charge on any atom is 0.418 e. The normalized spacial score (nSPS) is 26.4. The summed E-state index contributed by atoms with van der Waals surface area (Å²) in [6.45, 7) is 5.59. The molecule has 34 heavy (non-hydrogen) atoms. The number of halogens is 3. The van der Waals surface area contributed by atoms with Gasteiger partial charge in [-0.1, -0.05) is 6.92 Å². The number of anilines is 2. The number of aryl methyl sites for hydroxylation is 1. The summed E-state index contributed by atoms with van der Waals surface area (Å²) in [5.74, 6) is 1.20. The third-order valence-corrected chi connectivity index (χ3v) is 6.82. The second kappa shape index (κ2) is 7.62. The zero-order valence-electron chi connectivity index (χ0n) is 19.3. The van der Waals surface area contributed by atoms with Crippen LogP contribution < -0.4 is 15.9 Å². The van der Waals surface area contributed by atoms with Crippen LogP contribution in [0.4, 0.5) is 29.3 Å². The fourth-order valence-electron chi connectivity index (χ4n) is 5.33. The zero-order chi connectivity index (χ0) is 24.4. The summed E-state index contributed by atoms with van der Waals surface area (Å²) < 4.78 is 46.8. The fourth-order valence-corrected chi connectivity index (χ4v) is 5.33. The second-order valence-corrected chi connectivity index (χ2v) is 9.39. The van der Waals surface area contributed by atoms with Gasteiger partial charge in [-0.05, 0) is 43.9 Å². The predicted molar refractivity (Wildman–Crippen MR) is 117 cm³/mol. The van der Waals surface area contributed by atoms with Gasteiger partial charge >= 0.3 is 12.2 Å². The lowest BCUT2D eigenvalue weighted by atomic mass is 9.64. The number of aromatic nitrogens is 2. The molecular formula is C22H26F3N7O2. The standard InChI is InChI=1S/C22H26F3N7O2/c1-12-7-16-10-21(9-12,19-28-27-14(3)34-19)32(16)20(33)26-15-5-6-17(22(23,24)25)18(8-15)31-11-13(2)30(4)29-31/h5-6,8,11-12,16,29H,7,9-10H2,1-4H3,(H,26,33)/t12-,16-,21+/m1/s1. The molecule has 0 unspecified atom stereocenters. The summed E-state index contributed by atoms with van der Waals surface area (Å²) in [6, 6.07) is 3.16. The van der Waals surface area contributed by atoms with E-state index >= 15 is 0 Å². The van der Waals surface area contributed by atoms with Crippen molar-refractivity contribution < 1.29 is 22.4 Å². The van der Waals surface area contributed by atoms with Crippen molar-refractivity contribution >= 4 is 17.4 Å². The number of nitrogens with zero attached hydrogens (tertiary/aromatic N) is 5. The van der Waals surface area contributed by atoms with Gasteiger partial charge in [-0.25, -0.2) is 4.79 Å². The first-order valence-corrected chi connectivity index (χ1v) is 11.1. The molecule has 2 saturated heterocycles. The smallest absolute Gasteiger partial charge is 0.418 e. The van der Waals surface area contributed by atoms with Gasteiger partial charge < -0.3 is 14.6 Å². The number of fused-ring (bicyclic) bond motifs is 2. The van der Waals surface area contributed by atoms with E-state index in [4.69, 9.17) is 4.42 Å². The van der Waals surface area contributed by atoms with Crippen LogP contribution in [0.3, 0.4) is 0 Å². The summed E-state index contributed by atoms with van der Waals surface area (Å²) >= 11 is 0. The molecule has 0 saturated carbocycles. The van der Waals surface area contributed by atoms with Crippen LogP contribution in [0.5, 0.6) is 0 Å². The van der Waals surface area contributed by atoms with Crippen molar-refractivity contribution in [1.29, 1.82) is 0 Å². The third-order valence-electron chi connectivity index (χ3n) is 6.82. The predicted octanol–water partition coefficient (Wildman–Crippen LogP) is 4.36. The third kappa shape index (κ3) is 3.56. The SMILES string of the molecule is CC1=CN(c2cc(NC(=O)N3[C@@H]4C[C@@H](C)C[C@@]3(c3nnc(C)o3)C4)ccc2C(F)(F)F)NN1C. The second-order valence-electron chi connectivity index (χ2n) is 9.39. The summed E-state index contributed by atoms with van der Waals surface area (Å²) in [7, 11) is 1.70.